The molecule has 13 heavy (non-hydrogen) atoms. The van der Waals surface area contributed by atoms with Crippen LogP contribution in [-0.2, 0) is 0 Å². The Balaban J connectivity index is 2.12. The standard InChI is InChI=1S/C9H8BrNO2/c10-7-3-1-6(2-4-7)8-5-9(8)11(12)13/h1-4,8-9H,5H2/t8-,9-/m0/s1. The van der Waals surface area contributed by atoms with Crippen molar-refractivity contribution in [3.63, 3.8) is 0 Å². The summed E-state index contributed by atoms with van der Waals surface area (Å²) in [6.45, 7) is 0. The molecule has 4 heteroatoms. The fraction of sp³-hybridized carbons (Fsp3) is 0.333. The first-order chi connectivity index (χ1) is 6.18. The average molecular weight is 242 g/mol. The molecule has 2 rings (SSSR count). The van der Waals surface area contributed by atoms with Crippen LogP contribution in [0, 0.1) is 10.1 Å². The lowest BCUT2D eigenvalue weighted by molar-refractivity contribution is -0.496. The minimum atomic E-state index is -0.346. The van der Waals surface area contributed by atoms with E-state index in [0.29, 0.717) is 6.42 Å². The van der Waals surface area contributed by atoms with E-state index in [1.165, 1.54) is 0 Å². The molecule has 1 aliphatic rings. The van der Waals surface area contributed by atoms with Gasteiger partial charge in [-0.25, -0.2) is 0 Å². The summed E-state index contributed by atoms with van der Waals surface area (Å²) in [5, 5.41) is 10.4. The average Bonchev–Trinajstić information content (AvgIpc) is 2.85. The van der Waals surface area contributed by atoms with Gasteiger partial charge in [-0.2, -0.15) is 0 Å². The Morgan fingerprint density at radius 2 is 2.00 bits per heavy atom. The van der Waals surface area contributed by atoms with Gasteiger partial charge in [-0.1, -0.05) is 28.1 Å². The molecule has 1 saturated carbocycles. The predicted octanol–water partition coefficient (Wildman–Crippen LogP) is 2.58. The van der Waals surface area contributed by atoms with Gasteiger partial charge in [-0.3, -0.25) is 10.1 Å². The van der Waals surface area contributed by atoms with E-state index < -0.39 is 0 Å². The van der Waals surface area contributed by atoms with E-state index in [2.05, 4.69) is 15.9 Å². The molecular formula is C9H8BrNO2. The van der Waals surface area contributed by atoms with E-state index >= 15 is 0 Å². The Morgan fingerprint density at radius 1 is 1.38 bits per heavy atom. The number of rotatable bonds is 2. The minimum Gasteiger partial charge on any atom is -0.264 e. The summed E-state index contributed by atoms with van der Waals surface area (Å²) in [6, 6.07) is 7.38. The fourth-order valence-corrected chi connectivity index (χ4v) is 1.75. The number of hydrogen-bond donors (Lipinski definition) is 0. The molecule has 0 bridgehead atoms. The number of halogens is 1. The van der Waals surface area contributed by atoms with Gasteiger partial charge >= 0.3 is 0 Å². The molecule has 1 aliphatic carbocycles. The molecule has 0 N–H and O–H groups in total. The minimum absolute atomic E-state index is 0.142. The van der Waals surface area contributed by atoms with Gasteiger partial charge in [-0.05, 0) is 17.7 Å². The largest absolute Gasteiger partial charge is 0.264 e. The van der Waals surface area contributed by atoms with E-state index in [1.807, 2.05) is 24.3 Å². The van der Waals surface area contributed by atoms with Crippen LogP contribution >= 0.6 is 15.9 Å². The van der Waals surface area contributed by atoms with Gasteiger partial charge in [0.1, 0.15) is 0 Å². The molecule has 0 saturated heterocycles. The van der Waals surface area contributed by atoms with Crippen molar-refractivity contribution in [2.45, 2.75) is 18.4 Å². The predicted molar refractivity (Wildman–Crippen MR) is 52.3 cm³/mol. The van der Waals surface area contributed by atoms with Gasteiger partial charge in [0.05, 0.1) is 5.92 Å². The van der Waals surface area contributed by atoms with Gasteiger partial charge in [0, 0.05) is 15.8 Å². The maximum absolute atomic E-state index is 10.4. The Morgan fingerprint density at radius 3 is 2.46 bits per heavy atom. The molecule has 2 atom stereocenters. The van der Waals surface area contributed by atoms with E-state index in [-0.39, 0.29) is 16.9 Å². The molecule has 1 aromatic carbocycles. The molecule has 0 heterocycles. The molecule has 0 radical (unpaired) electrons. The lowest BCUT2D eigenvalue weighted by Gasteiger charge is -1.96. The molecule has 68 valence electrons. The third-order valence-corrected chi connectivity index (χ3v) is 2.85. The van der Waals surface area contributed by atoms with Crippen LogP contribution in [0.25, 0.3) is 0 Å². The van der Waals surface area contributed by atoms with Crippen LogP contribution < -0.4 is 0 Å². The zero-order valence-electron chi connectivity index (χ0n) is 6.81. The van der Waals surface area contributed by atoms with Crippen LogP contribution in [0.5, 0.6) is 0 Å². The van der Waals surface area contributed by atoms with Gasteiger partial charge < -0.3 is 0 Å². The molecular weight excluding hydrogens is 234 g/mol. The quantitative estimate of drug-likeness (QED) is 0.590. The molecule has 0 amide bonds. The third kappa shape index (κ3) is 1.72. The third-order valence-electron chi connectivity index (χ3n) is 2.33. The van der Waals surface area contributed by atoms with Crippen molar-refractivity contribution in [3.05, 3.63) is 44.4 Å². The van der Waals surface area contributed by atoms with E-state index in [9.17, 15) is 10.1 Å². The van der Waals surface area contributed by atoms with Crippen LogP contribution in [0.15, 0.2) is 28.7 Å². The first-order valence-electron chi connectivity index (χ1n) is 4.07. The normalized spacial score (nSPS) is 25.6. The van der Waals surface area contributed by atoms with Crippen molar-refractivity contribution in [2.24, 2.45) is 0 Å². The van der Waals surface area contributed by atoms with E-state index in [1.54, 1.807) is 0 Å². The number of benzene rings is 1. The first kappa shape index (κ1) is 8.69. The zero-order valence-corrected chi connectivity index (χ0v) is 8.40. The summed E-state index contributed by atoms with van der Waals surface area (Å²) in [5.74, 6) is 0.142. The van der Waals surface area contributed by atoms with Crippen molar-refractivity contribution in [2.75, 3.05) is 0 Å². The summed E-state index contributed by atoms with van der Waals surface area (Å²) in [5.41, 5.74) is 1.07. The number of nitrogens with zero attached hydrogens (tertiary/aromatic N) is 1. The first-order valence-corrected chi connectivity index (χ1v) is 4.87. The van der Waals surface area contributed by atoms with Crippen LogP contribution in [0.1, 0.15) is 17.9 Å². The van der Waals surface area contributed by atoms with Gasteiger partial charge in [-0.15, -0.1) is 0 Å². The van der Waals surface area contributed by atoms with Gasteiger partial charge in [0.2, 0.25) is 6.04 Å². The van der Waals surface area contributed by atoms with Crippen molar-refractivity contribution in [1.29, 1.82) is 0 Å². The molecule has 0 aliphatic heterocycles. The summed E-state index contributed by atoms with van der Waals surface area (Å²) >= 11 is 3.33. The highest BCUT2D eigenvalue weighted by molar-refractivity contribution is 9.10. The molecule has 0 spiro atoms. The van der Waals surface area contributed by atoms with Crippen LogP contribution in [0.4, 0.5) is 0 Å². The molecule has 0 unspecified atom stereocenters. The SMILES string of the molecule is O=[N+]([O-])[C@H]1C[C@H]1c1ccc(Br)cc1. The zero-order chi connectivity index (χ0) is 9.42. The Labute approximate surface area is 84.0 Å². The van der Waals surface area contributed by atoms with Crippen LogP contribution in [0.2, 0.25) is 0 Å². The second-order valence-electron chi connectivity index (χ2n) is 3.25. The second kappa shape index (κ2) is 3.10. The van der Waals surface area contributed by atoms with Crippen molar-refractivity contribution in [3.8, 4) is 0 Å². The monoisotopic (exact) mass is 241 g/mol. The Kier molecular flexibility index (Phi) is 2.07. The number of nitro groups is 1. The lowest BCUT2D eigenvalue weighted by atomic mass is 10.1. The fourth-order valence-electron chi connectivity index (χ4n) is 1.48. The molecule has 1 fully saturated rings. The Hall–Kier alpha value is -0.900. The summed E-state index contributed by atoms with van der Waals surface area (Å²) in [4.78, 5) is 10.2. The summed E-state index contributed by atoms with van der Waals surface area (Å²) < 4.78 is 1.01. The van der Waals surface area contributed by atoms with Crippen LogP contribution in [0.3, 0.4) is 0 Å². The maximum Gasteiger partial charge on any atom is 0.221 e. The van der Waals surface area contributed by atoms with Crippen LogP contribution in [-0.4, -0.2) is 11.0 Å². The molecule has 1 aromatic rings. The Bertz CT molecular complexity index is 336. The highest BCUT2D eigenvalue weighted by Gasteiger charge is 2.48. The van der Waals surface area contributed by atoms with Crippen molar-refractivity contribution < 1.29 is 4.92 Å². The van der Waals surface area contributed by atoms with E-state index in [0.717, 1.165) is 10.0 Å². The maximum atomic E-state index is 10.4. The van der Waals surface area contributed by atoms with Crippen molar-refractivity contribution >= 4 is 15.9 Å². The van der Waals surface area contributed by atoms with Crippen molar-refractivity contribution in [1.82, 2.24) is 0 Å². The second-order valence-corrected chi connectivity index (χ2v) is 4.16. The highest BCUT2D eigenvalue weighted by atomic mass is 79.9. The van der Waals surface area contributed by atoms with Gasteiger partial charge in [0.25, 0.3) is 0 Å². The number of hydrogen-bond acceptors (Lipinski definition) is 2. The summed E-state index contributed by atoms with van der Waals surface area (Å²) in [6.07, 6.45) is 0.689. The summed E-state index contributed by atoms with van der Waals surface area (Å²) in [7, 11) is 0. The topological polar surface area (TPSA) is 43.1 Å². The smallest absolute Gasteiger partial charge is 0.221 e. The van der Waals surface area contributed by atoms with Gasteiger partial charge in [0.15, 0.2) is 0 Å². The highest BCUT2D eigenvalue weighted by Crippen LogP contribution is 2.42. The molecule has 0 aromatic heterocycles. The van der Waals surface area contributed by atoms with E-state index in [4.69, 9.17) is 0 Å². The lowest BCUT2D eigenvalue weighted by Crippen LogP contribution is -2.02. The molecule has 3 nitrogen and oxygen atoms in total.